The van der Waals surface area contributed by atoms with Crippen molar-refractivity contribution in [2.75, 3.05) is 7.11 Å². The molecule has 0 spiro atoms. The number of hydrogen-bond donors (Lipinski definition) is 1. The van der Waals surface area contributed by atoms with Crippen LogP contribution in [0.1, 0.15) is 31.4 Å². The lowest BCUT2D eigenvalue weighted by Crippen LogP contribution is -2.24. The van der Waals surface area contributed by atoms with Gasteiger partial charge in [-0.15, -0.1) is 0 Å². The van der Waals surface area contributed by atoms with E-state index in [0.29, 0.717) is 29.2 Å². The minimum absolute atomic E-state index is 0.460. The minimum Gasteiger partial charge on any atom is -0.493 e. The number of nitrogens with one attached hydrogen (secondary N) is 1. The minimum atomic E-state index is 0.460. The van der Waals surface area contributed by atoms with Crippen molar-refractivity contribution in [3.63, 3.8) is 0 Å². The predicted octanol–water partition coefficient (Wildman–Crippen LogP) is 4.82. The van der Waals surface area contributed by atoms with Crippen molar-refractivity contribution in [3.05, 3.63) is 58.6 Å². The summed E-state index contributed by atoms with van der Waals surface area (Å²) in [7, 11) is 1.63. The van der Waals surface area contributed by atoms with Crippen LogP contribution in [0, 0.1) is 0 Å². The van der Waals surface area contributed by atoms with Crippen LogP contribution >= 0.6 is 11.6 Å². The van der Waals surface area contributed by atoms with Gasteiger partial charge >= 0.3 is 0 Å². The molecule has 23 heavy (non-hydrogen) atoms. The molecule has 0 fully saturated rings. The topological polar surface area (TPSA) is 30.5 Å². The maximum atomic E-state index is 6.40. The number of benzene rings is 2. The first-order chi connectivity index (χ1) is 11.1. The lowest BCUT2D eigenvalue weighted by molar-refractivity contribution is 0.284. The summed E-state index contributed by atoms with van der Waals surface area (Å²) in [6, 6.07) is 14.4. The predicted molar refractivity (Wildman–Crippen MR) is 95.4 cm³/mol. The molecule has 2 aromatic carbocycles. The van der Waals surface area contributed by atoms with Gasteiger partial charge in [0.2, 0.25) is 0 Å². The van der Waals surface area contributed by atoms with Crippen molar-refractivity contribution in [2.24, 2.45) is 0 Å². The van der Waals surface area contributed by atoms with Gasteiger partial charge < -0.3 is 14.8 Å². The number of rotatable bonds is 8. The van der Waals surface area contributed by atoms with Crippen LogP contribution in [0.3, 0.4) is 0 Å². The zero-order chi connectivity index (χ0) is 16.7. The van der Waals surface area contributed by atoms with Gasteiger partial charge in [-0.25, -0.2) is 0 Å². The second-order valence-electron chi connectivity index (χ2n) is 5.57. The van der Waals surface area contributed by atoms with Crippen LogP contribution in [0.25, 0.3) is 0 Å². The van der Waals surface area contributed by atoms with Gasteiger partial charge in [-0.3, -0.25) is 0 Å². The highest BCUT2D eigenvalue weighted by Crippen LogP contribution is 2.37. The SMILES string of the molecule is CC[C@H](C)NCc1cc(Cl)c(OCc2ccccc2)c(OC)c1. The molecule has 4 heteroatoms. The van der Waals surface area contributed by atoms with E-state index in [4.69, 9.17) is 21.1 Å². The third-order valence-electron chi connectivity index (χ3n) is 3.78. The normalized spacial score (nSPS) is 12.0. The molecule has 0 saturated heterocycles. The van der Waals surface area contributed by atoms with E-state index in [1.807, 2.05) is 42.5 Å². The molecule has 0 aliphatic rings. The van der Waals surface area contributed by atoms with E-state index in [-0.39, 0.29) is 0 Å². The van der Waals surface area contributed by atoms with Gasteiger partial charge in [0.1, 0.15) is 6.61 Å². The fourth-order valence-electron chi connectivity index (χ4n) is 2.18. The first-order valence-electron chi connectivity index (χ1n) is 7.90. The molecular weight excluding hydrogens is 310 g/mol. The number of ether oxygens (including phenoxy) is 2. The van der Waals surface area contributed by atoms with Crippen LogP contribution in [0.4, 0.5) is 0 Å². The van der Waals surface area contributed by atoms with Crippen LogP contribution in [-0.2, 0) is 13.2 Å². The quantitative estimate of drug-likeness (QED) is 0.751. The van der Waals surface area contributed by atoms with Crippen LogP contribution in [0.2, 0.25) is 5.02 Å². The first kappa shape index (κ1) is 17.6. The van der Waals surface area contributed by atoms with Crippen molar-refractivity contribution >= 4 is 11.6 Å². The van der Waals surface area contributed by atoms with Gasteiger partial charge in [0.05, 0.1) is 12.1 Å². The monoisotopic (exact) mass is 333 g/mol. The van der Waals surface area contributed by atoms with E-state index < -0.39 is 0 Å². The van der Waals surface area contributed by atoms with E-state index in [1.165, 1.54) is 0 Å². The smallest absolute Gasteiger partial charge is 0.180 e. The van der Waals surface area contributed by atoms with Gasteiger partial charge in [0.25, 0.3) is 0 Å². The van der Waals surface area contributed by atoms with Crippen molar-refractivity contribution < 1.29 is 9.47 Å². The van der Waals surface area contributed by atoms with E-state index in [9.17, 15) is 0 Å². The lowest BCUT2D eigenvalue weighted by Gasteiger charge is -2.16. The molecule has 0 heterocycles. The second kappa shape index (κ2) is 8.80. The molecule has 0 unspecified atom stereocenters. The van der Waals surface area contributed by atoms with E-state index >= 15 is 0 Å². The standard InChI is InChI=1S/C19H24ClNO2/c1-4-14(2)21-12-16-10-17(20)19(18(11-16)22-3)23-13-15-8-6-5-7-9-15/h5-11,14,21H,4,12-13H2,1-3H3/t14-/m0/s1. The molecule has 3 nitrogen and oxygen atoms in total. The van der Waals surface area contributed by atoms with Gasteiger partial charge in [0.15, 0.2) is 11.5 Å². The zero-order valence-electron chi connectivity index (χ0n) is 13.9. The van der Waals surface area contributed by atoms with Crippen molar-refractivity contribution in [3.8, 4) is 11.5 Å². The summed E-state index contributed by atoms with van der Waals surface area (Å²) in [5.41, 5.74) is 2.17. The zero-order valence-corrected chi connectivity index (χ0v) is 14.7. The maximum Gasteiger partial charge on any atom is 0.180 e. The average Bonchev–Trinajstić information content (AvgIpc) is 2.59. The van der Waals surface area contributed by atoms with E-state index in [1.54, 1.807) is 7.11 Å². The third kappa shape index (κ3) is 5.15. The molecule has 0 aliphatic heterocycles. The largest absolute Gasteiger partial charge is 0.493 e. The Morgan fingerprint density at radius 2 is 1.87 bits per heavy atom. The van der Waals surface area contributed by atoms with Crippen molar-refractivity contribution in [1.29, 1.82) is 0 Å². The van der Waals surface area contributed by atoms with Gasteiger partial charge in [-0.05, 0) is 36.6 Å². The number of hydrogen-bond acceptors (Lipinski definition) is 3. The van der Waals surface area contributed by atoms with Crippen LogP contribution < -0.4 is 14.8 Å². The number of methoxy groups -OCH3 is 1. The molecule has 0 saturated carbocycles. The molecule has 124 valence electrons. The number of halogens is 1. The summed E-state index contributed by atoms with van der Waals surface area (Å²) < 4.78 is 11.3. The highest BCUT2D eigenvalue weighted by Gasteiger charge is 2.12. The molecule has 2 rings (SSSR count). The second-order valence-corrected chi connectivity index (χ2v) is 5.98. The molecule has 2 aromatic rings. The summed E-state index contributed by atoms with van der Waals surface area (Å²) in [5, 5.41) is 4.02. The molecule has 1 atom stereocenters. The molecule has 0 amide bonds. The Hall–Kier alpha value is -1.71. The highest BCUT2D eigenvalue weighted by molar-refractivity contribution is 6.32. The average molecular weight is 334 g/mol. The Labute approximate surface area is 143 Å². The Morgan fingerprint density at radius 3 is 2.52 bits per heavy atom. The van der Waals surface area contributed by atoms with E-state index in [2.05, 4.69) is 19.2 Å². The Bertz CT molecular complexity index is 616. The third-order valence-corrected chi connectivity index (χ3v) is 4.06. The van der Waals surface area contributed by atoms with Gasteiger partial charge in [-0.2, -0.15) is 0 Å². The van der Waals surface area contributed by atoms with Crippen molar-refractivity contribution in [2.45, 2.75) is 39.5 Å². The molecule has 1 N–H and O–H groups in total. The van der Waals surface area contributed by atoms with Crippen LogP contribution in [0.15, 0.2) is 42.5 Å². The lowest BCUT2D eigenvalue weighted by atomic mass is 10.1. The molecule has 0 bridgehead atoms. The van der Waals surface area contributed by atoms with Crippen LogP contribution in [-0.4, -0.2) is 13.2 Å². The maximum absolute atomic E-state index is 6.40. The summed E-state index contributed by atoms with van der Waals surface area (Å²) in [6.45, 7) is 5.54. The summed E-state index contributed by atoms with van der Waals surface area (Å²) in [4.78, 5) is 0. The molecule has 0 aliphatic carbocycles. The van der Waals surface area contributed by atoms with Gasteiger partial charge in [0, 0.05) is 12.6 Å². The van der Waals surface area contributed by atoms with E-state index in [0.717, 1.165) is 24.1 Å². The first-order valence-corrected chi connectivity index (χ1v) is 8.28. The summed E-state index contributed by atoms with van der Waals surface area (Å²) in [6.07, 6.45) is 1.09. The van der Waals surface area contributed by atoms with Crippen LogP contribution in [0.5, 0.6) is 11.5 Å². The van der Waals surface area contributed by atoms with Gasteiger partial charge in [-0.1, -0.05) is 48.9 Å². The Balaban J connectivity index is 2.10. The fourth-order valence-corrected chi connectivity index (χ4v) is 2.47. The van der Waals surface area contributed by atoms with Crippen molar-refractivity contribution in [1.82, 2.24) is 5.32 Å². The Morgan fingerprint density at radius 1 is 1.13 bits per heavy atom. The Kier molecular flexibility index (Phi) is 6.75. The molecule has 0 radical (unpaired) electrons. The molecule has 0 aromatic heterocycles. The molecular formula is C19H24ClNO2. The summed E-state index contributed by atoms with van der Waals surface area (Å²) in [5.74, 6) is 1.25. The summed E-state index contributed by atoms with van der Waals surface area (Å²) >= 11 is 6.40. The fraction of sp³-hybridized carbons (Fsp3) is 0.368. The highest BCUT2D eigenvalue weighted by atomic mass is 35.5.